The number of amides is 1. The van der Waals surface area contributed by atoms with Crippen LogP contribution in [0.3, 0.4) is 0 Å². The average Bonchev–Trinajstić information content (AvgIpc) is 3.50. The molecule has 1 N–H and O–H groups in total. The maximum Gasteiger partial charge on any atom is 0.267 e. The Morgan fingerprint density at radius 2 is 1.95 bits per heavy atom. The van der Waals surface area contributed by atoms with Crippen molar-refractivity contribution in [2.75, 3.05) is 56.2 Å². The molecule has 10 nitrogen and oxygen atoms in total. The van der Waals surface area contributed by atoms with Crippen molar-refractivity contribution in [3.05, 3.63) is 69.6 Å². The molecule has 2 fully saturated rings. The second-order valence-electron chi connectivity index (χ2n) is 9.73. The first kappa shape index (κ1) is 26.3. The fraction of sp³-hybridized carbons (Fsp3) is 0.379. The molecular weight excluding hydrogens is 496 g/mol. The Morgan fingerprint density at radius 1 is 1.21 bits per heavy atom. The zero-order valence-corrected chi connectivity index (χ0v) is 22.2. The van der Waals surface area contributed by atoms with E-state index in [1.807, 2.05) is 43.3 Å². The normalized spacial score (nSPS) is 17.8. The number of nitriles is 1. The summed E-state index contributed by atoms with van der Waals surface area (Å²) >= 11 is 0. The third-order valence-electron chi connectivity index (χ3n) is 7.25. The minimum atomic E-state index is -0.531. The lowest BCUT2D eigenvalue weighted by Crippen LogP contribution is -2.47. The van der Waals surface area contributed by atoms with Crippen molar-refractivity contribution in [2.24, 2.45) is 0 Å². The van der Waals surface area contributed by atoms with Crippen molar-refractivity contribution in [1.29, 1.82) is 5.26 Å². The van der Waals surface area contributed by atoms with Gasteiger partial charge >= 0.3 is 0 Å². The van der Waals surface area contributed by atoms with Gasteiger partial charge in [-0.05, 0) is 61.7 Å². The monoisotopic (exact) mass is 528 g/mol. The number of nitrogens with zero attached hydrogens (tertiary/aromatic N) is 5. The standard InChI is InChI=1S/C29H32N6O4/c1-20-5-3-11-35-26(20)32-27(34-14-12-33(13-15-34)22-7-9-23(38-2)10-8-22)25(29(35)37)17-21(18-30)28(36)31-19-24-6-4-16-39-24/h3,5,7-11,17,24H,4,6,12-16,19H2,1-2H3,(H,31,36)/b21-17+/t24-/m0/s1. The molecule has 1 atom stereocenters. The molecule has 5 rings (SSSR count). The van der Waals surface area contributed by atoms with E-state index in [-0.39, 0.29) is 22.8 Å². The van der Waals surface area contributed by atoms with Crippen molar-refractivity contribution < 1.29 is 14.3 Å². The largest absolute Gasteiger partial charge is 0.497 e. The number of methoxy groups -OCH3 is 1. The number of carbonyl (C=O) groups excluding carboxylic acids is 1. The molecule has 1 aromatic carbocycles. The number of anilines is 2. The maximum atomic E-state index is 13.7. The fourth-order valence-electron chi connectivity index (χ4n) is 5.04. The number of hydrogen-bond acceptors (Lipinski definition) is 8. The highest BCUT2D eigenvalue weighted by Gasteiger charge is 2.25. The van der Waals surface area contributed by atoms with Crippen LogP contribution in [0.5, 0.6) is 5.75 Å². The van der Waals surface area contributed by atoms with E-state index >= 15 is 0 Å². The first-order valence-corrected chi connectivity index (χ1v) is 13.2. The summed E-state index contributed by atoms with van der Waals surface area (Å²) in [5.74, 6) is 0.749. The van der Waals surface area contributed by atoms with Gasteiger partial charge < -0.3 is 24.6 Å². The van der Waals surface area contributed by atoms with Gasteiger partial charge in [-0.25, -0.2) is 4.98 Å². The van der Waals surface area contributed by atoms with Gasteiger partial charge in [0.25, 0.3) is 11.5 Å². The van der Waals surface area contributed by atoms with E-state index in [0.717, 1.165) is 42.9 Å². The Labute approximate surface area is 227 Å². The van der Waals surface area contributed by atoms with E-state index in [9.17, 15) is 14.9 Å². The molecule has 0 bridgehead atoms. The number of aryl methyl sites for hydroxylation is 1. The molecule has 0 radical (unpaired) electrons. The second kappa shape index (κ2) is 11.6. The van der Waals surface area contributed by atoms with Gasteiger partial charge in [0.1, 0.15) is 28.9 Å². The topological polar surface area (TPSA) is 112 Å². The van der Waals surface area contributed by atoms with Crippen LogP contribution in [0.25, 0.3) is 11.7 Å². The number of hydrogen-bond donors (Lipinski definition) is 1. The van der Waals surface area contributed by atoms with Crippen LogP contribution in [-0.2, 0) is 9.53 Å². The highest BCUT2D eigenvalue weighted by Crippen LogP contribution is 2.25. The predicted molar refractivity (Wildman–Crippen MR) is 149 cm³/mol. The summed E-state index contributed by atoms with van der Waals surface area (Å²) in [6.45, 7) is 5.58. The van der Waals surface area contributed by atoms with E-state index in [0.29, 0.717) is 37.7 Å². The van der Waals surface area contributed by atoms with Crippen molar-refractivity contribution in [1.82, 2.24) is 14.7 Å². The maximum absolute atomic E-state index is 13.7. The van der Waals surface area contributed by atoms with Gasteiger partial charge in [-0.3, -0.25) is 14.0 Å². The Balaban J connectivity index is 1.45. The van der Waals surface area contributed by atoms with Gasteiger partial charge in [0.15, 0.2) is 0 Å². The van der Waals surface area contributed by atoms with Crippen molar-refractivity contribution in [3.63, 3.8) is 0 Å². The van der Waals surface area contributed by atoms with Gasteiger partial charge in [-0.15, -0.1) is 0 Å². The number of ether oxygens (including phenoxy) is 2. The second-order valence-corrected chi connectivity index (χ2v) is 9.73. The number of piperazine rings is 1. The Bertz CT molecular complexity index is 1480. The molecule has 2 aliphatic heterocycles. The predicted octanol–water partition coefficient (Wildman–Crippen LogP) is 2.54. The molecular formula is C29H32N6O4. The summed E-state index contributed by atoms with van der Waals surface area (Å²) in [6, 6.07) is 13.6. The molecule has 2 saturated heterocycles. The zero-order chi connectivity index (χ0) is 27.4. The lowest BCUT2D eigenvalue weighted by Gasteiger charge is -2.37. The van der Waals surface area contributed by atoms with Crippen molar-refractivity contribution in [3.8, 4) is 11.8 Å². The van der Waals surface area contributed by atoms with E-state index < -0.39 is 5.91 Å². The van der Waals surface area contributed by atoms with Gasteiger partial charge in [0.2, 0.25) is 0 Å². The Kier molecular flexibility index (Phi) is 7.79. The van der Waals surface area contributed by atoms with Crippen LogP contribution in [0.2, 0.25) is 0 Å². The summed E-state index contributed by atoms with van der Waals surface area (Å²) < 4.78 is 12.3. The lowest BCUT2D eigenvalue weighted by atomic mass is 10.1. The van der Waals surface area contributed by atoms with Crippen LogP contribution >= 0.6 is 0 Å². The molecule has 10 heteroatoms. The molecule has 202 valence electrons. The van der Waals surface area contributed by atoms with Gasteiger partial charge in [0.05, 0.1) is 18.8 Å². The van der Waals surface area contributed by atoms with Crippen molar-refractivity contribution >= 4 is 29.1 Å². The van der Waals surface area contributed by atoms with Crippen LogP contribution in [0.15, 0.2) is 53.0 Å². The van der Waals surface area contributed by atoms with Crippen LogP contribution in [-0.4, -0.2) is 67.8 Å². The molecule has 0 unspecified atom stereocenters. The van der Waals surface area contributed by atoms with Gasteiger partial charge in [-0.1, -0.05) is 6.07 Å². The molecule has 4 heterocycles. The molecule has 2 aromatic heterocycles. The molecule has 0 aliphatic carbocycles. The number of nitrogens with one attached hydrogen (secondary N) is 1. The van der Waals surface area contributed by atoms with Gasteiger partial charge in [0, 0.05) is 51.2 Å². The van der Waals surface area contributed by atoms with E-state index in [2.05, 4.69) is 15.1 Å². The Hall–Kier alpha value is -4.36. The molecule has 39 heavy (non-hydrogen) atoms. The minimum Gasteiger partial charge on any atom is -0.497 e. The average molecular weight is 529 g/mol. The number of pyridine rings is 1. The summed E-state index contributed by atoms with van der Waals surface area (Å²) in [4.78, 5) is 35.8. The van der Waals surface area contributed by atoms with Crippen molar-refractivity contribution in [2.45, 2.75) is 25.9 Å². The smallest absolute Gasteiger partial charge is 0.267 e. The third-order valence-corrected chi connectivity index (χ3v) is 7.25. The third kappa shape index (κ3) is 5.59. The lowest BCUT2D eigenvalue weighted by molar-refractivity contribution is -0.117. The molecule has 1 amide bonds. The summed E-state index contributed by atoms with van der Waals surface area (Å²) in [5, 5.41) is 12.6. The molecule has 0 saturated carbocycles. The molecule has 3 aromatic rings. The van der Waals surface area contributed by atoms with E-state index in [1.165, 1.54) is 10.5 Å². The number of rotatable bonds is 7. The zero-order valence-electron chi connectivity index (χ0n) is 22.2. The van der Waals surface area contributed by atoms with Crippen LogP contribution in [0.1, 0.15) is 24.0 Å². The fourth-order valence-corrected chi connectivity index (χ4v) is 5.04. The molecule has 2 aliphatic rings. The molecule has 0 spiro atoms. The first-order chi connectivity index (χ1) is 19.0. The summed E-state index contributed by atoms with van der Waals surface area (Å²) in [7, 11) is 1.64. The number of carbonyl (C=O) groups is 1. The van der Waals surface area contributed by atoms with E-state index in [1.54, 1.807) is 19.4 Å². The SMILES string of the molecule is COc1ccc(N2CCN(c3nc4c(C)cccn4c(=O)c3/C=C(\C#N)C(=O)NC[C@@H]3CCCO3)CC2)cc1. The van der Waals surface area contributed by atoms with E-state index in [4.69, 9.17) is 14.5 Å². The number of fused-ring (bicyclic) bond motifs is 1. The van der Waals surface area contributed by atoms with Gasteiger partial charge in [-0.2, -0.15) is 5.26 Å². The van der Waals surface area contributed by atoms with Crippen LogP contribution < -0.4 is 25.4 Å². The summed E-state index contributed by atoms with van der Waals surface area (Å²) in [6.07, 6.45) is 4.80. The van der Waals surface area contributed by atoms with Crippen LogP contribution in [0.4, 0.5) is 11.5 Å². The Morgan fingerprint density at radius 3 is 2.62 bits per heavy atom. The van der Waals surface area contributed by atoms with Crippen LogP contribution in [0, 0.1) is 18.3 Å². The highest BCUT2D eigenvalue weighted by molar-refractivity contribution is 6.02. The number of benzene rings is 1. The minimum absolute atomic E-state index is 0.0533. The summed E-state index contributed by atoms with van der Waals surface area (Å²) in [5.41, 5.74) is 2.26. The quantitative estimate of drug-likeness (QED) is 0.368. The number of aromatic nitrogens is 2. The highest BCUT2D eigenvalue weighted by atomic mass is 16.5. The first-order valence-electron chi connectivity index (χ1n) is 13.2.